The van der Waals surface area contributed by atoms with Crippen LogP contribution in [0.15, 0.2) is 0 Å². The maximum Gasteiger partial charge on any atom is 0.0514 e. The maximum atomic E-state index is 5.87. The fourth-order valence-corrected chi connectivity index (χ4v) is 2.40. The predicted octanol–water partition coefficient (Wildman–Crippen LogP) is 4.20. The lowest BCUT2D eigenvalue weighted by molar-refractivity contribution is 0.0284. The van der Waals surface area contributed by atoms with E-state index in [0.29, 0.717) is 10.8 Å². The maximum absolute atomic E-state index is 5.87. The number of rotatable bonds is 5. The zero-order valence-electron chi connectivity index (χ0n) is 14.1. The first-order chi connectivity index (χ1) is 8.66. The highest BCUT2D eigenvalue weighted by molar-refractivity contribution is 4.74. The van der Waals surface area contributed by atoms with Crippen LogP contribution in [0.3, 0.4) is 0 Å². The van der Waals surface area contributed by atoms with Crippen LogP contribution in [0.1, 0.15) is 60.8 Å². The van der Waals surface area contributed by atoms with Gasteiger partial charge in [-0.2, -0.15) is 0 Å². The van der Waals surface area contributed by atoms with Gasteiger partial charge in [0.25, 0.3) is 0 Å². The number of hydrogen-bond acceptors (Lipinski definition) is 2. The molecule has 1 aliphatic heterocycles. The van der Waals surface area contributed by atoms with Gasteiger partial charge in [0.2, 0.25) is 0 Å². The lowest BCUT2D eigenvalue weighted by Crippen LogP contribution is -2.37. The summed E-state index contributed by atoms with van der Waals surface area (Å²) < 4.78 is 5.87. The lowest BCUT2D eigenvalue weighted by Gasteiger charge is -2.34. The predicted molar refractivity (Wildman–Crippen MR) is 83.5 cm³/mol. The molecule has 1 aliphatic rings. The second-order valence-electron chi connectivity index (χ2n) is 8.67. The van der Waals surface area contributed by atoms with Crippen molar-refractivity contribution in [3.8, 4) is 0 Å². The highest BCUT2D eigenvalue weighted by Crippen LogP contribution is 2.23. The van der Waals surface area contributed by atoms with E-state index in [2.05, 4.69) is 46.4 Å². The lowest BCUT2D eigenvalue weighted by atomic mass is 9.91. The van der Waals surface area contributed by atoms with Crippen LogP contribution in [0.5, 0.6) is 0 Å². The van der Waals surface area contributed by atoms with Crippen molar-refractivity contribution in [2.75, 3.05) is 32.8 Å². The van der Waals surface area contributed by atoms with Gasteiger partial charge in [0, 0.05) is 6.61 Å². The highest BCUT2D eigenvalue weighted by Gasteiger charge is 2.21. The molecule has 0 atom stereocenters. The van der Waals surface area contributed by atoms with E-state index < -0.39 is 0 Å². The fraction of sp³-hybridized carbons (Fsp3) is 1.00. The number of likely N-dealkylation sites (tertiary alicyclic amines) is 1. The molecule has 0 aromatic heterocycles. The molecule has 2 heteroatoms. The summed E-state index contributed by atoms with van der Waals surface area (Å²) in [4.78, 5) is 2.63. The Labute approximate surface area is 120 Å². The number of nitrogens with zero attached hydrogens (tertiary/aromatic N) is 1. The highest BCUT2D eigenvalue weighted by atomic mass is 16.5. The summed E-state index contributed by atoms with van der Waals surface area (Å²) in [5, 5.41) is 0. The Morgan fingerprint density at radius 3 is 2.00 bits per heavy atom. The van der Waals surface area contributed by atoms with Crippen molar-refractivity contribution >= 4 is 0 Å². The third-order valence-corrected chi connectivity index (χ3v) is 3.77. The zero-order valence-corrected chi connectivity index (χ0v) is 14.1. The van der Waals surface area contributed by atoms with Crippen LogP contribution in [0.25, 0.3) is 0 Å². The minimum atomic E-state index is 0.299. The molecule has 0 unspecified atom stereocenters. The van der Waals surface area contributed by atoms with Crippen LogP contribution < -0.4 is 0 Å². The van der Waals surface area contributed by atoms with Crippen LogP contribution in [-0.4, -0.2) is 37.7 Å². The molecule has 19 heavy (non-hydrogen) atoms. The van der Waals surface area contributed by atoms with E-state index in [1.807, 2.05) is 0 Å². The van der Waals surface area contributed by atoms with Crippen molar-refractivity contribution < 1.29 is 4.74 Å². The average molecular weight is 269 g/mol. The van der Waals surface area contributed by atoms with Gasteiger partial charge in [-0.3, -0.25) is 0 Å². The summed E-state index contributed by atoms with van der Waals surface area (Å²) in [6.07, 6.45) is 3.93. The van der Waals surface area contributed by atoms with Gasteiger partial charge in [-0.1, -0.05) is 41.5 Å². The molecule has 0 N–H and O–H groups in total. The van der Waals surface area contributed by atoms with E-state index in [-0.39, 0.29) is 0 Å². The van der Waals surface area contributed by atoms with E-state index in [0.717, 1.165) is 19.1 Å². The molecule has 2 nitrogen and oxygen atoms in total. The van der Waals surface area contributed by atoms with Crippen LogP contribution in [0.2, 0.25) is 0 Å². The Bertz CT molecular complexity index is 241. The molecule has 0 bridgehead atoms. The topological polar surface area (TPSA) is 12.5 Å². The Balaban J connectivity index is 2.12. The third-order valence-electron chi connectivity index (χ3n) is 3.77. The quantitative estimate of drug-likeness (QED) is 0.742. The molecular weight excluding hydrogens is 234 g/mol. The van der Waals surface area contributed by atoms with Crippen molar-refractivity contribution in [2.24, 2.45) is 16.7 Å². The Kier molecular flexibility index (Phi) is 6.32. The second kappa shape index (κ2) is 7.08. The monoisotopic (exact) mass is 269 g/mol. The number of piperidine rings is 1. The third kappa shape index (κ3) is 8.65. The molecule has 0 spiro atoms. The Hall–Kier alpha value is -0.0800. The summed E-state index contributed by atoms with van der Waals surface area (Å²) in [6, 6.07) is 0. The van der Waals surface area contributed by atoms with Crippen LogP contribution in [0.4, 0.5) is 0 Å². The van der Waals surface area contributed by atoms with Gasteiger partial charge in [-0.05, 0) is 55.6 Å². The van der Waals surface area contributed by atoms with Gasteiger partial charge < -0.3 is 9.64 Å². The molecule has 0 aromatic carbocycles. The van der Waals surface area contributed by atoms with E-state index in [1.54, 1.807) is 0 Å². The van der Waals surface area contributed by atoms with E-state index in [1.165, 1.54) is 38.9 Å². The molecule has 0 saturated carbocycles. The molecule has 0 amide bonds. The number of hydrogen-bond donors (Lipinski definition) is 0. The summed E-state index contributed by atoms with van der Waals surface area (Å²) in [5.74, 6) is 0.785. The van der Waals surface area contributed by atoms with Gasteiger partial charge in [0.15, 0.2) is 0 Å². The number of ether oxygens (including phenoxy) is 1. The Morgan fingerprint density at radius 1 is 0.947 bits per heavy atom. The first kappa shape index (κ1) is 17.0. The molecule has 1 fully saturated rings. The fourth-order valence-electron chi connectivity index (χ4n) is 2.40. The van der Waals surface area contributed by atoms with Crippen molar-refractivity contribution in [3.63, 3.8) is 0 Å². The van der Waals surface area contributed by atoms with E-state index in [4.69, 9.17) is 4.74 Å². The van der Waals surface area contributed by atoms with Crippen molar-refractivity contribution in [1.82, 2.24) is 4.90 Å². The zero-order chi connectivity index (χ0) is 14.5. The largest absolute Gasteiger partial charge is 0.381 e. The minimum Gasteiger partial charge on any atom is -0.381 e. The summed E-state index contributed by atoms with van der Waals surface area (Å²) in [6.45, 7) is 19.4. The van der Waals surface area contributed by atoms with Crippen molar-refractivity contribution in [1.29, 1.82) is 0 Å². The SMILES string of the molecule is CC(C)(C)CCN1CCC(COCC(C)(C)C)CC1. The summed E-state index contributed by atoms with van der Waals surface area (Å²) in [7, 11) is 0. The first-order valence-corrected chi connectivity index (χ1v) is 7.96. The molecule has 1 saturated heterocycles. The summed E-state index contributed by atoms with van der Waals surface area (Å²) in [5.41, 5.74) is 0.764. The van der Waals surface area contributed by atoms with Gasteiger partial charge in [-0.25, -0.2) is 0 Å². The van der Waals surface area contributed by atoms with Crippen molar-refractivity contribution in [2.45, 2.75) is 60.8 Å². The van der Waals surface area contributed by atoms with Gasteiger partial charge in [0.1, 0.15) is 0 Å². The molecule has 0 aliphatic carbocycles. The molecule has 1 rings (SSSR count). The van der Waals surface area contributed by atoms with Gasteiger partial charge in [0.05, 0.1) is 6.61 Å². The second-order valence-corrected chi connectivity index (χ2v) is 8.67. The molecule has 1 heterocycles. The normalized spacial score (nSPS) is 19.9. The standard InChI is InChI=1S/C17H35NO/c1-16(2,3)9-12-18-10-7-15(8-11-18)13-19-14-17(4,5)6/h15H,7-14H2,1-6H3. The Morgan fingerprint density at radius 2 is 1.53 bits per heavy atom. The van der Waals surface area contributed by atoms with E-state index >= 15 is 0 Å². The molecule has 0 radical (unpaired) electrons. The van der Waals surface area contributed by atoms with Crippen LogP contribution in [0, 0.1) is 16.7 Å². The molecular formula is C17H35NO. The van der Waals surface area contributed by atoms with Crippen LogP contribution >= 0.6 is 0 Å². The smallest absolute Gasteiger partial charge is 0.0514 e. The molecule has 114 valence electrons. The van der Waals surface area contributed by atoms with Crippen LogP contribution in [-0.2, 0) is 4.74 Å². The van der Waals surface area contributed by atoms with Gasteiger partial charge >= 0.3 is 0 Å². The molecule has 0 aromatic rings. The first-order valence-electron chi connectivity index (χ1n) is 7.96. The van der Waals surface area contributed by atoms with Gasteiger partial charge in [-0.15, -0.1) is 0 Å². The average Bonchev–Trinajstić information content (AvgIpc) is 2.25. The summed E-state index contributed by atoms with van der Waals surface area (Å²) >= 11 is 0. The minimum absolute atomic E-state index is 0.299. The van der Waals surface area contributed by atoms with Crippen molar-refractivity contribution in [3.05, 3.63) is 0 Å². The van der Waals surface area contributed by atoms with E-state index in [9.17, 15) is 0 Å².